The lowest BCUT2D eigenvalue weighted by atomic mass is 9.45. The second-order valence-corrected chi connectivity index (χ2v) is 17.0. The molecule has 3 aliphatic carbocycles. The number of para-hydroxylation sites is 1. The van der Waals surface area contributed by atoms with Crippen LogP contribution in [-0.2, 0) is 25.8 Å². The normalized spacial score (nSPS) is 27.7. The van der Waals surface area contributed by atoms with Gasteiger partial charge in [-0.2, -0.15) is 5.06 Å². The van der Waals surface area contributed by atoms with Gasteiger partial charge >= 0.3 is 0 Å². The van der Waals surface area contributed by atoms with Crippen molar-refractivity contribution in [3.63, 3.8) is 0 Å². The van der Waals surface area contributed by atoms with E-state index in [1.54, 1.807) is 24.1 Å². The lowest BCUT2D eigenvalue weighted by Crippen LogP contribution is -2.62. The minimum absolute atomic E-state index is 0.00809. The van der Waals surface area contributed by atoms with Crippen LogP contribution in [0.3, 0.4) is 0 Å². The molecule has 300 valence electrons. The number of amides is 3. The van der Waals surface area contributed by atoms with Crippen molar-refractivity contribution in [3.05, 3.63) is 59.8 Å². The second-order valence-electron chi connectivity index (χ2n) is 17.0. The molecule has 1 aromatic carbocycles. The minimum Gasteiger partial charge on any atom is -0.496 e. The molecule has 12 heteroatoms. The van der Waals surface area contributed by atoms with Crippen LogP contribution in [0.4, 0.5) is 0 Å². The standard InChI is InChI=1S/C42H65N5O7/c1-24(2)17-32(22-46(9)10)44-37(51)16-15-29(18-25(3)43-28(6)50)33-14-12-13-30(40(33)53-11)21-47-39(38(27(5)49)36(23-48)54-47)41(52)45-35-20-31-19-34(26(35)4)42(31,7)8/h12-16,18,24,26-27,31-32,34-36,38-39,48-49H,3,17,19-23H2,1-2,4-11H3,(H,43,50)(H,44,51)(H,45,52)/t26-,27-,31+,32-,34-,35-,36-,38+,39-/m0/s1. The van der Waals surface area contributed by atoms with Crippen LogP contribution < -0.4 is 20.7 Å². The molecule has 0 aromatic heterocycles. The maximum Gasteiger partial charge on any atom is 0.244 e. The maximum absolute atomic E-state index is 14.2. The van der Waals surface area contributed by atoms with E-state index in [-0.39, 0.29) is 48.4 Å². The Morgan fingerprint density at radius 1 is 1.17 bits per heavy atom. The van der Waals surface area contributed by atoms with Crippen LogP contribution in [0.5, 0.6) is 5.75 Å². The molecule has 9 atom stereocenters. The van der Waals surface area contributed by atoms with Gasteiger partial charge in [-0.3, -0.25) is 19.2 Å². The van der Waals surface area contributed by atoms with Gasteiger partial charge in [-0.25, -0.2) is 0 Å². The Morgan fingerprint density at radius 2 is 1.87 bits per heavy atom. The molecule has 5 N–H and O–H groups in total. The van der Waals surface area contributed by atoms with Crippen molar-refractivity contribution in [2.24, 2.45) is 35.0 Å². The number of carbonyl (C=O) groups is 3. The third-order valence-corrected chi connectivity index (χ3v) is 11.8. The molecule has 5 rings (SSSR count). The van der Waals surface area contributed by atoms with E-state index in [0.717, 1.165) is 12.8 Å². The number of benzene rings is 1. The molecule has 4 fully saturated rings. The van der Waals surface area contributed by atoms with Gasteiger partial charge in [0.1, 0.15) is 17.9 Å². The van der Waals surface area contributed by atoms with Crippen molar-refractivity contribution in [2.45, 2.75) is 105 Å². The summed E-state index contributed by atoms with van der Waals surface area (Å²) < 4.78 is 6.00. The Bertz CT molecular complexity index is 1560. The molecule has 3 saturated carbocycles. The van der Waals surface area contributed by atoms with Crippen molar-refractivity contribution in [1.29, 1.82) is 0 Å². The van der Waals surface area contributed by atoms with Crippen LogP contribution >= 0.6 is 0 Å². The number of aliphatic hydroxyl groups excluding tert-OH is 2. The third-order valence-electron chi connectivity index (χ3n) is 11.8. The fraction of sp³-hybridized carbons (Fsp3) is 0.643. The number of likely N-dealkylation sites (N-methyl/N-ethyl adjacent to an activating group) is 1. The minimum atomic E-state index is -0.935. The van der Waals surface area contributed by atoms with Gasteiger partial charge in [-0.1, -0.05) is 59.4 Å². The molecule has 3 amide bonds. The SMILES string of the molecule is C=C(C=C(C=CC(=O)N[C@@H](CC(C)C)CN(C)C)c1cccc(CN2O[C@@H](CO)[C@@H]([C@H](C)O)[C@H]2C(=O)N[C@H]2C[C@H]3C[C@@H]([C@@H]2C)C3(C)C)c1OC)NC(C)=O. The van der Waals surface area contributed by atoms with Crippen molar-refractivity contribution >= 4 is 23.3 Å². The number of nitrogens with zero attached hydrogens (tertiary/aromatic N) is 2. The summed E-state index contributed by atoms with van der Waals surface area (Å²) in [6.45, 7) is 18.5. The number of hydrogen-bond donors (Lipinski definition) is 5. The Kier molecular flexibility index (Phi) is 14.7. The lowest BCUT2D eigenvalue weighted by Gasteiger charge is -2.62. The second kappa shape index (κ2) is 18.4. The van der Waals surface area contributed by atoms with Crippen LogP contribution in [0.25, 0.3) is 5.57 Å². The first kappa shape index (κ1) is 43.2. The van der Waals surface area contributed by atoms with E-state index >= 15 is 0 Å². The van der Waals surface area contributed by atoms with E-state index in [4.69, 9.17) is 9.57 Å². The number of rotatable bonds is 17. The van der Waals surface area contributed by atoms with Gasteiger partial charge in [0.15, 0.2) is 0 Å². The van der Waals surface area contributed by atoms with Crippen LogP contribution in [0.2, 0.25) is 0 Å². The number of methoxy groups -OCH3 is 1. The van der Waals surface area contributed by atoms with Crippen LogP contribution in [-0.4, -0.2) is 103 Å². The first-order chi connectivity index (χ1) is 25.4. The van der Waals surface area contributed by atoms with Gasteiger partial charge in [-0.15, -0.1) is 0 Å². The summed E-state index contributed by atoms with van der Waals surface area (Å²) in [5.74, 6) is 0.768. The number of hydroxylamine groups is 2. The first-order valence-electron chi connectivity index (χ1n) is 19.4. The average molecular weight is 752 g/mol. The van der Waals surface area contributed by atoms with Crippen molar-refractivity contribution < 1.29 is 34.2 Å². The van der Waals surface area contributed by atoms with E-state index in [1.807, 2.05) is 37.2 Å². The zero-order valence-corrected chi connectivity index (χ0v) is 34.0. The molecule has 1 aromatic rings. The highest BCUT2D eigenvalue weighted by Crippen LogP contribution is 2.61. The van der Waals surface area contributed by atoms with Gasteiger partial charge in [0.2, 0.25) is 17.7 Å². The molecule has 1 heterocycles. The molecule has 54 heavy (non-hydrogen) atoms. The van der Waals surface area contributed by atoms with E-state index < -0.39 is 24.2 Å². The zero-order chi connectivity index (χ0) is 40.1. The Balaban J connectivity index is 1.65. The molecule has 0 spiro atoms. The molecule has 0 radical (unpaired) electrons. The average Bonchev–Trinajstić information content (AvgIpc) is 3.44. The molecule has 1 aliphatic heterocycles. The highest BCUT2D eigenvalue weighted by molar-refractivity contribution is 5.92. The Labute approximate surface area is 322 Å². The molecule has 1 saturated heterocycles. The number of ether oxygens (including phenoxy) is 1. The Hall–Kier alpha value is -3.55. The van der Waals surface area contributed by atoms with E-state index in [1.165, 1.54) is 26.5 Å². The number of hydrogen-bond acceptors (Lipinski definition) is 9. The molecular formula is C42H65N5O7. The van der Waals surface area contributed by atoms with Gasteiger partial charge < -0.3 is 35.8 Å². The summed E-state index contributed by atoms with van der Waals surface area (Å²) >= 11 is 0. The van der Waals surface area contributed by atoms with Crippen molar-refractivity contribution in [1.82, 2.24) is 25.9 Å². The smallest absolute Gasteiger partial charge is 0.244 e. The molecular weight excluding hydrogens is 686 g/mol. The topological polar surface area (TPSA) is 153 Å². The zero-order valence-electron chi connectivity index (χ0n) is 34.0. The first-order valence-corrected chi connectivity index (χ1v) is 19.4. The third kappa shape index (κ3) is 10.2. The number of allylic oxidation sites excluding steroid dienone is 3. The summed E-state index contributed by atoms with van der Waals surface area (Å²) in [6.07, 6.45) is 5.97. The van der Waals surface area contributed by atoms with Crippen molar-refractivity contribution in [2.75, 3.05) is 34.4 Å². The number of carbonyl (C=O) groups excluding carboxylic acids is 3. The van der Waals surface area contributed by atoms with E-state index in [0.29, 0.717) is 58.4 Å². The number of aliphatic hydroxyl groups is 2. The predicted octanol–water partition coefficient (Wildman–Crippen LogP) is 4.04. The van der Waals surface area contributed by atoms with Crippen LogP contribution in [0.1, 0.15) is 78.9 Å². The largest absolute Gasteiger partial charge is 0.496 e. The highest BCUT2D eigenvalue weighted by Gasteiger charge is 2.57. The molecule has 2 bridgehead atoms. The predicted molar refractivity (Wildman–Crippen MR) is 211 cm³/mol. The van der Waals surface area contributed by atoms with Gasteiger partial charge in [-0.05, 0) is 87.1 Å². The molecule has 12 nitrogen and oxygen atoms in total. The summed E-state index contributed by atoms with van der Waals surface area (Å²) in [5.41, 5.74) is 2.42. The quantitative estimate of drug-likeness (QED) is 0.117. The number of fused-ring (bicyclic) bond motifs is 2. The van der Waals surface area contributed by atoms with E-state index in [2.05, 4.69) is 57.1 Å². The fourth-order valence-electron chi connectivity index (χ4n) is 9.10. The van der Waals surface area contributed by atoms with Gasteiger partial charge in [0, 0.05) is 54.4 Å². The molecule has 4 aliphatic rings. The van der Waals surface area contributed by atoms with Crippen LogP contribution in [0.15, 0.2) is 48.7 Å². The maximum atomic E-state index is 14.2. The van der Waals surface area contributed by atoms with E-state index in [9.17, 15) is 24.6 Å². The summed E-state index contributed by atoms with van der Waals surface area (Å²) in [6, 6.07) is 4.62. The van der Waals surface area contributed by atoms with Gasteiger partial charge in [0.05, 0.1) is 26.4 Å². The molecule has 0 unspecified atom stereocenters. The fourth-order valence-corrected chi connectivity index (χ4v) is 9.10. The van der Waals surface area contributed by atoms with Crippen LogP contribution in [0, 0.1) is 35.0 Å². The Morgan fingerprint density at radius 3 is 2.43 bits per heavy atom. The summed E-state index contributed by atoms with van der Waals surface area (Å²) in [5, 5.41) is 32.0. The van der Waals surface area contributed by atoms with Crippen molar-refractivity contribution in [3.8, 4) is 5.75 Å². The highest BCUT2D eigenvalue weighted by atomic mass is 16.7. The lowest BCUT2D eigenvalue weighted by molar-refractivity contribution is -0.183. The number of nitrogens with one attached hydrogen (secondary N) is 3. The summed E-state index contributed by atoms with van der Waals surface area (Å²) in [4.78, 5) is 47.7. The van der Waals surface area contributed by atoms with Gasteiger partial charge in [0.25, 0.3) is 0 Å². The monoisotopic (exact) mass is 751 g/mol. The summed E-state index contributed by atoms with van der Waals surface area (Å²) in [7, 11) is 5.48.